The topological polar surface area (TPSA) is 184 Å². The summed E-state index contributed by atoms with van der Waals surface area (Å²) >= 11 is 0. The molecule has 1 fully saturated rings. The van der Waals surface area contributed by atoms with E-state index in [1.165, 1.54) is 17.2 Å². The summed E-state index contributed by atoms with van der Waals surface area (Å²) in [4.78, 5) is 59.7. The summed E-state index contributed by atoms with van der Waals surface area (Å²) in [6.07, 6.45) is -4.30. The van der Waals surface area contributed by atoms with Gasteiger partial charge in [-0.3, -0.25) is 19.0 Å². The predicted molar refractivity (Wildman–Crippen MR) is 102 cm³/mol. The number of fused-ring (bicyclic) bond motifs is 1. The molecule has 5 atom stereocenters. The fraction of sp³-hybridized carbons (Fsp3) is 0.500. The third-order valence-corrected chi connectivity index (χ3v) is 4.52. The fourth-order valence-corrected chi connectivity index (χ4v) is 3.38. The number of rotatable bonds is 6. The molecule has 1 aliphatic rings. The lowest BCUT2D eigenvalue weighted by atomic mass is 10.0. The van der Waals surface area contributed by atoms with Crippen LogP contribution in [0.5, 0.6) is 0 Å². The van der Waals surface area contributed by atoms with Crippen LogP contribution in [0.1, 0.15) is 27.0 Å². The van der Waals surface area contributed by atoms with Crippen molar-refractivity contribution in [3.8, 4) is 0 Å². The molecule has 1 saturated heterocycles. The van der Waals surface area contributed by atoms with E-state index in [1.54, 1.807) is 0 Å². The zero-order chi connectivity index (χ0) is 23.6. The van der Waals surface area contributed by atoms with Crippen molar-refractivity contribution in [3.05, 3.63) is 12.7 Å². The lowest BCUT2D eigenvalue weighted by Crippen LogP contribution is -2.48. The summed E-state index contributed by atoms with van der Waals surface area (Å²) in [5.74, 6) is -3.16. The monoisotopic (exact) mass is 451 g/mol. The van der Waals surface area contributed by atoms with Gasteiger partial charge >= 0.3 is 23.9 Å². The molecule has 32 heavy (non-hydrogen) atoms. The van der Waals surface area contributed by atoms with Gasteiger partial charge in [0.25, 0.3) is 0 Å². The van der Waals surface area contributed by atoms with Crippen LogP contribution < -0.4 is 5.73 Å². The number of nitrogen functional groups attached to an aromatic ring is 1. The molecule has 3 rings (SSSR count). The number of ether oxygens (including phenoxy) is 5. The second-order valence-corrected chi connectivity index (χ2v) is 6.78. The number of esters is 4. The first-order valence-electron chi connectivity index (χ1n) is 9.32. The molecule has 0 spiro atoms. The number of nitrogens with two attached hydrogens (primary N) is 1. The standard InChI is InChI=1S/C18H21N5O9/c1-7(24)29-11-12(14(18(27)28-4)31-9(3)26)32-17(13(11)30-8(2)25)23-6-22-10-15(19)20-5-21-16(10)23/h5-6,11-14,17H,1-4H3,(H2,19,20,21). The van der Waals surface area contributed by atoms with E-state index in [1.807, 2.05) is 0 Å². The summed E-state index contributed by atoms with van der Waals surface area (Å²) in [5, 5.41) is 0. The van der Waals surface area contributed by atoms with Crippen molar-refractivity contribution in [3.63, 3.8) is 0 Å². The molecule has 172 valence electrons. The Balaban J connectivity index is 2.12. The van der Waals surface area contributed by atoms with E-state index in [2.05, 4.69) is 15.0 Å². The molecule has 0 aromatic carbocycles. The highest BCUT2D eigenvalue weighted by Crippen LogP contribution is 2.38. The van der Waals surface area contributed by atoms with Crippen molar-refractivity contribution in [2.75, 3.05) is 12.8 Å². The molecule has 1 aliphatic heterocycles. The molecule has 0 saturated carbocycles. The van der Waals surface area contributed by atoms with Crippen LogP contribution >= 0.6 is 0 Å². The number of carbonyl (C=O) groups is 4. The van der Waals surface area contributed by atoms with Gasteiger partial charge in [-0.05, 0) is 0 Å². The van der Waals surface area contributed by atoms with Gasteiger partial charge in [-0.15, -0.1) is 0 Å². The molecule has 14 heteroatoms. The summed E-state index contributed by atoms with van der Waals surface area (Å²) in [5.41, 5.74) is 6.29. The third kappa shape index (κ3) is 4.44. The van der Waals surface area contributed by atoms with Crippen molar-refractivity contribution < 1.29 is 42.9 Å². The summed E-state index contributed by atoms with van der Waals surface area (Å²) < 4.78 is 27.8. The molecule has 2 N–H and O–H groups in total. The second kappa shape index (κ2) is 9.13. The average molecular weight is 451 g/mol. The van der Waals surface area contributed by atoms with Crippen molar-refractivity contribution in [1.82, 2.24) is 19.5 Å². The lowest BCUT2D eigenvalue weighted by molar-refractivity contribution is -0.183. The van der Waals surface area contributed by atoms with Crippen molar-refractivity contribution in [2.45, 2.75) is 51.4 Å². The van der Waals surface area contributed by atoms with Gasteiger partial charge in [0.1, 0.15) is 17.9 Å². The average Bonchev–Trinajstić information content (AvgIpc) is 3.28. The van der Waals surface area contributed by atoms with E-state index >= 15 is 0 Å². The molecule has 0 radical (unpaired) electrons. The smallest absolute Gasteiger partial charge is 0.350 e. The van der Waals surface area contributed by atoms with Gasteiger partial charge < -0.3 is 29.4 Å². The van der Waals surface area contributed by atoms with Gasteiger partial charge in [-0.25, -0.2) is 19.7 Å². The first-order valence-corrected chi connectivity index (χ1v) is 9.32. The molecule has 0 bridgehead atoms. The van der Waals surface area contributed by atoms with Crippen LogP contribution in [-0.2, 0) is 42.9 Å². The fourth-order valence-electron chi connectivity index (χ4n) is 3.38. The van der Waals surface area contributed by atoms with E-state index in [4.69, 9.17) is 29.4 Å². The minimum Gasteiger partial charge on any atom is -0.466 e. The molecular formula is C18H21N5O9. The Morgan fingerprint density at radius 1 is 1.03 bits per heavy atom. The van der Waals surface area contributed by atoms with E-state index in [9.17, 15) is 19.2 Å². The van der Waals surface area contributed by atoms with E-state index in [0.29, 0.717) is 0 Å². The highest BCUT2D eigenvalue weighted by atomic mass is 16.7. The van der Waals surface area contributed by atoms with Crippen LogP contribution in [0.15, 0.2) is 12.7 Å². The Kier molecular flexibility index (Phi) is 6.53. The van der Waals surface area contributed by atoms with Gasteiger partial charge in [0.2, 0.25) is 6.10 Å². The van der Waals surface area contributed by atoms with Crippen LogP contribution in [0.3, 0.4) is 0 Å². The quantitative estimate of drug-likeness (QED) is 0.429. The van der Waals surface area contributed by atoms with Crippen LogP contribution in [0.4, 0.5) is 5.82 Å². The molecule has 5 unspecified atom stereocenters. The van der Waals surface area contributed by atoms with Crippen LogP contribution in [0.2, 0.25) is 0 Å². The normalized spacial score (nSPS) is 23.4. The largest absolute Gasteiger partial charge is 0.466 e. The number of aromatic nitrogens is 4. The highest BCUT2D eigenvalue weighted by Gasteiger charge is 2.56. The molecule has 0 aliphatic carbocycles. The van der Waals surface area contributed by atoms with Crippen LogP contribution in [-0.4, -0.2) is 74.9 Å². The Labute approximate surface area is 180 Å². The van der Waals surface area contributed by atoms with Crippen molar-refractivity contribution in [2.24, 2.45) is 0 Å². The first kappa shape index (κ1) is 22.9. The van der Waals surface area contributed by atoms with Crippen LogP contribution in [0.25, 0.3) is 11.2 Å². The number of anilines is 1. The number of methoxy groups -OCH3 is 1. The maximum Gasteiger partial charge on any atom is 0.350 e. The van der Waals surface area contributed by atoms with Gasteiger partial charge in [-0.1, -0.05) is 0 Å². The maximum absolute atomic E-state index is 12.4. The molecular weight excluding hydrogens is 430 g/mol. The second-order valence-electron chi connectivity index (χ2n) is 6.78. The molecule has 2 aromatic heterocycles. The van der Waals surface area contributed by atoms with Crippen molar-refractivity contribution in [1.29, 1.82) is 0 Å². The van der Waals surface area contributed by atoms with E-state index in [-0.39, 0.29) is 17.0 Å². The molecule has 3 heterocycles. The van der Waals surface area contributed by atoms with Gasteiger partial charge in [-0.2, -0.15) is 0 Å². The number of carbonyl (C=O) groups excluding carboxylic acids is 4. The summed E-state index contributed by atoms with van der Waals surface area (Å²) in [6.45, 7) is 3.34. The van der Waals surface area contributed by atoms with E-state index < -0.39 is 54.5 Å². The third-order valence-electron chi connectivity index (χ3n) is 4.52. The first-order chi connectivity index (χ1) is 15.1. The van der Waals surface area contributed by atoms with Crippen molar-refractivity contribution >= 4 is 40.9 Å². The Morgan fingerprint density at radius 3 is 2.28 bits per heavy atom. The minimum atomic E-state index is -1.63. The molecule has 14 nitrogen and oxygen atoms in total. The SMILES string of the molecule is COC(=O)C(OC(C)=O)C1OC(n2cnc3c(N)ncnc32)C(OC(C)=O)C1OC(C)=O. The molecule has 0 amide bonds. The van der Waals surface area contributed by atoms with Crippen LogP contribution in [0, 0.1) is 0 Å². The Morgan fingerprint density at radius 2 is 1.69 bits per heavy atom. The Bertz CT molecular complexity index is 1050. The number of nitrogens with zero attached hydrogens (tertiary/aromatic N) is 4. The number of imidazole rings is 1. The van der Waals surface area contributed by atoms with Gasteiger partial charge in [0, 0.05) is 20.8 Å². The summed E-state index contributed by atoms with van der Waals surface area (Å²) in [6, 6.07) is 0. The highest BCUT2D eigenvalue weighted by molar-refractivity contribution is 5.81. The molecule has 2 aromatic rings. The zero-order valence-electron chi connectivity index (χ0n) is 17.6. The van der Waals surface area contributed by atoms with Gasteiger partial charge in [0.15, 0.2) is 29.9 Å². The lowest BCUT2D eigenvalue weighted by Gasteiger charge is -2.26. The van der Waals surface area contributed by atoms with Gasteiger partial charge in [0.05, 0.1) is 13.4 Å². The Hall–Kier alpha value is -3.81. The number of hydrogen-bond donors (Lipinski definition) is 1. The number of hydrogen-bond acceptors (Lipinski definition) is 13. The predicted octanol–water partition coefficient (Wildman–Crippen LogP) is -0.726. The maximum atomic E-state index is 12.4. The zero-order valence-corrected chi connectivity index (χ0v) is 17.6. The summed E-state index contributed by atoms with van der Waals surface area (Å²) in [7, 11) is 1.08. The van der Waals surface area contributed by atoms with E-state index in [0.717, 1.165) is 27.9 Å². The minimum absolute atomic E-state index is 0.0937.